The number of carbonyl (C=O) groups excluding carboxylic acids is 1. The molecule has 1 aliphatic rings. The summed E-state index contributed by atoms with van der Waals surface area (Å²) in [6.07, 6.45) is 6.57. The van der Waals surface area contributed by atoms with Crippen molar-refractivity contribution >= 4 is 5.91 Å². The van der Waals surface area contributed by atoms with Gasteiger partial charge in [-0.3, -0.25) is 4.79 Å². The summed E-state index contributed by atoms with van der Waals surface area (Å²) in [5.74, 6) is 1.14. The second-order valence-corrected chi connectivity index (χ2v) is 4.93. The van der Waals surface area contributed by atoms with E-state index < -0.39 is 0 Å². The summed E-state index contributed by atoms with van der Waals surface area (Å²) in [6.45, 7) is 6.62. The lowest BCUT2D eigenvalue weighted by atomic mass is 10.1. The minimum atomic E-state index is 0.175. The van der Waals surface area contributed by atoms with Gasteiger partial charge in [0.25, 0.3) is 0 Å². The molecule has 1 atom stereocenters. The first kappa shape index (κ1) is 14.1. The van der Waals surface area contributed by atoms with Crippen molar-refractivity contribution in [2.45, 2.75) is 45.7 Å². The van der Waals surface area contributed by atoms with Gasteiger partial charge in [-0.1, -0.05) is 20.3 Å². The van der Waals surface area contributed by atoms with Crippen LogP contribution in [0.3, 0.4) is 0 Å². The zero-order valence-corrected chi connectivity index (χ0v) is 11.8. The molecule has 106 valence electrons. The summed E-state index contributed by atoms with van der Waals surface area (Å²) in [5, 5.41) is 0. The molecule has 1 aromatic heterocycles. The van der Waals surface area contributed by atoms with Crippen LogP contribution < -0.4 is 0 Å². The second-order valence-electron chi connectivity index (χ2n) is 4.93. The predicted molar refractivity (Wildman–Crippen MR) is 72.8 cm³/mol. The summed E-state index contributed by atoms with van der Waals surface area (Å²) < 4.78 is 7.43. The maximum atomic E-state index is 12.4. The summed E-state index contributed by atoms with van der Waals surface area (Å²) in [6, 6.07) is 0.236. The molecule has 2 heterocycles. The van der Waals surface area contributed by atoms with Crippen LogP contribution in [0.1, 0.15) is 32.5 Å². The Morgan fingerprint density at radius 3 is 3.11 bits per heavy atom. The van der Waals surface area contributed by atoms with Crippen molar-refractivity contribution < 1.29 is 9.53 Å². The molecule has 0 N–H and O–H groups in total. The van der Waals surface area contributed by atoms with E-state index in [2.05, 4.69) is 18.8 Å². The molecule has 0 unspecified atom stereocenters. The molecule has 19 heavy (non-hydrogen) atoms. The van der Waals surface area contributed by atoms with Gasteiger partial charge in [0.1, 0.15) is 12.4 Å². The number of aromatic nitrogens is 2. The first-order valence-electron chi connectivity index (χ1n) is 7.13. The van der Waals surface area contributed by atoms with E-state index in [1.54, 1.807) is 6.20 Å². The molecule has 2 rings (SSSR count). The summed E-state index contributed by atoms with van der Waals surface area (Å²) >= 11 is 0. The Morgan fingerprint density at radius 1 is 1.53 bits per heavy atom. The number of ether oxygens (including phenoxy) is 1. The lowest BCUT2D eigenvalue weighted by molar-refractivity contribution is -0.140. The van der Waals surface area contributed by atoms with E-state index in [1.807, 2.05) is 15.7 Å². The highest BCUT2D eigenvalue weighted by atomic mass is 16.5. The number of nitrogens with zero attached hydrogens (tertiary/aromatic N) is 3. The largest absolute Gasteiger partial charge is 0.377 e. The number of carbonyl (C=O) groups is 1. The Kier molecular flexibility index (Phi) is 4.96. The minimum absolute atomic E-state index is 0.175. The number of hydrogen-bond acceptors (Lipinski definition) is 3. The monoisotopic (exact) mass is 265 g/mol. The van der Waals surface area contributed by atoms with Crippen molar-refractivity contribution in [1.29, 1.82) is 0 Å². The van der Waals surface area contributed by atoms with E-state index in [1.165, 1.54) is 0 Å². The molecule has 0 radical (unpaired) electrons. The van der Waals surface area contributed by atoms with E-state index in [4.69, 9.17) is 4.74 Å². The third kappa shape index (κ3) is 3.35. The van der Waals surface area contributed by atoms with Crippen LogP contribution in [-0.2, 0) is 22.5 Å². The van der Waals surface area contributed by atoms with Gasteiger partial charge in [-0.15, -0.1) is 0 Å². The third-order valence-corrected chi connectivity index (χ3v) is 3.59. The van der Waals surface area contributed by atoms with E-state index in [0.717, 1.165) is 25.1 Å². The first-order chi connectivity index (χ1) is 9.26. The van der Waals surface area contributed by atoms with Gasteiger partial charge in [0.05, 0.1) is 19.3 Å². The van der Waals surface area contributed by atoms with Crippen molar-refractivity contribution in [2.24, 2.45) is 0 Å². The number of amides is 1. The molecule has 5 heteroatoms. The minimum Gasteiger partial charge on any atom is -0.377 e. The van der Waals surface area contributed by atoms with E-state index in [0.29, 0.717) is 26.3 Å². The van der Waals surface area contributed by atoms with Crippen molar-refractivity contribution in [2.75, 3.05) is 19.8 Å². The van der Waals surface area contributed by atoms with Crippen LogP contribution in [-0.4, -0.2) is 46.2 Å². The molecule has 0 bridgehead atoms. The first-order valence-corrected chi connectivity index (χ1v) is 7.13. The van der Waals surface area contributed by atoms with Crippen molar-refractivity contribution in [3.63, 3.8) is 0 Å². The van der Waals surface area contributed by atoms with Crippen LogP contribution in [0, 0.1) is 0 Å². The molecule has 1 fully saturated rings. The zero-order valence-electron chi connectivity index (χ0n) is 11.8. The SMILES string of the molecule is CCC[C@@H]1COCCN1C(=O)Cn1ccnc1CC. The van der Waals surface area contributed by atoms with E-state index >= 15 is 0 Å². The topological polar surface area (TPSA) is 47.4 Å². The molecule has 0 saturated carbocycles. The molecule has 1 aliphatic heterocycles. The fourth-order valence-corrected chi connectivity index (χ4v) is 2.59. The molecular formula is C14H23N3O2. The average Bonchev–Trinajstić information content (AvgIpc) is 2.87. The maximum Gasteiger partial charge on any atom is 0.242 e. The van der Waals surface area contributed by atoms with E-state index in [-0.39, 0.29) is 11.9 Å². The Labute approximate surface area is 114 Å². The standard InChI is InChI=1S/C14H23N3O2/c1-3-5-12-11-19-9-8-17(12)14(18)10-16-7-6-15-13(16)4-2/h6-7,12H,3-5,8-11H2,1-2H3/t12-/m1/s1. The van der Waals surface area contributed by atoms with Crippen LogP contribution in [0.5, 0.6) is 0 Å². The van der Waals surface area contributed by atoms with Crippen molar-refractivity contribution in [3.05, 3.63) is 18.2 Å². The average molecular weight is 265 g/mol. The fourth-order valence-electron chi connectivity index (χ4n) is 2.59. The highest BCUT2D eigenvalue weighted by Crippen LogP contribution is 2.13. The normalized spacial score (nSPS) is 19.7. The Hall–Kier alpha value is -1.36. The van der Waals surface area contributed by atoms with Gasteiger partial charge in [0, 0.05) is 25.4 Å². The van der Waals surface area contributed by atoms with E-state index in [9.17, 15) is 4.79 Å². The molecule has 0 aliphatic carbocycles. The van der Waals surface area contributed by atoms with Gasteiger partial charge in [-0.2, -0.15) is 0 Å². The molecular weight excluding hydrogens is 242 g/mol. The lowest BCUT2D eigenvalue weighted by Crippen LogP contribution is -2.49. The van der Waals surface area contributed by atoms with Crippen LogP contribution in [0.25, 0.3) is 0 Å². The van der Waals surface area contributed by atoms with Crippen LogP contribution >= 0.6 is 0 Å². The Balaban J connectivity index is 2.01. The number of aryl methyl sites for hydroxylation is 1. The smallest absolute Gasteiger partial charge is 0.242 e. The molecule has 0 spiro atoms. The lowest BCUT2D eigenvalue weighted by Gasteiger charge is -2.35. The number of imidazole rings is 1. The van der Waals surface area contributed by atoms with Gasteiger partial charge in [0.15, 0.2) is 0 Å². The summed E-state index contributed by atoms with van der Waals surface area (Å²) in [4.78, 5) is 18.7. The number of morpholine rings is 1. The highest BCUT2D eigenvalue weighted by molar-refractivity contribution is 5.76. The molecule has 0 aromatic carbocycles. The number of hydrogen-bond donors (Lipinski definition) is 0. The van der Waals surface area contributed by atoms with Crippen molar-refractivity contribution in [1.82, 2.24) is 14.5 Å². The van der Waals surface area contributed by atoms with Crippen LogP contribution in [0.4, 0.5) is 0 Å². The van der Waals surface area contributed by atoms with Crippen molar-refractivity contribution in [3.8, 4) is 0 Å². The maximum absolute atomic E-state index is 12.4. The van der Waals surface area contributed by atoms with Gasteiger partial charge >= 0.3 is 0 Å². The van der Waals surface area contributed by atoms with Gasteiger partial charge in [-0.05, 0) is 6.42 Å². The predicted octanol–water partition coefficient (Wildman–Crippen LogP) is 1.47. The molecule has 1 aromatic rings. The number of rotatable bonds is 5. The quantitative estimate of drug-likeness (QED) is 0.810. The highest BCUT2D eigenvalue weighted by Gasteiger charge is 2.26. The second kappa shape index (κ2) is 6.70. The molecule has 5 nitrogen and oxygen atoms in total. The van der Waals surface area contributed by atoms with Crippen LogP contribution in [0.15, 0.2) is 12.4 Å². The molecule has 1 amide bonds. The fraction of sp³-hybridized carbons (Fsp3) is 0.714. The summed E-state index contributed by atoms with van der Waals surface area (Å²) in [5.41, 5.74) is 0. The van der Waals surface area contributed by atoms with Gasteiger partial charge in [0.2, 0.25) is 5.91 Å². The van der Waals surface area contributed by atoms with Crippen LogP contribution in [0.2, 0.25) is 0 Å². The Morgan fingerprint density at radius 2 is 2.37 bits per heavy atom. The Bertz CT molecular complexity index is 415. The third-order valence-electron chi connectivity index (χ3n) is 3.59. The molecule has 1 saturated heterocycles. The summed E-state index contributed by atoms with van der Waals surface area (Å²) in [7, 11) is 0. The van der Waals surface area contributed by atoms with Gasteiger partial charge in [-0.25, -0.2) is 4.98 Å². The zero-order chi connectivity index (χ0) is 13.7. The van der Waals surface area contributed by atoms with Gasteiger partial charge < -0.3 is 14.2 Å².